The molecular formula is C15H20N4O2. The Morgan fingerprint density at radius 2 is 2.38 bits per heavy atom. The van der Waals surface area contributed by atoms with Crippen LogP contribution < -0.4 is 5.73 Å². The van der Waals surface area contributed by atoms with Gasteiger partial charge in [-0.3, -0.25) is 9.69 Å². The molecule has 0 bridgehead atoms. The van der Waals surface area contributed by atoms with Crippen molar-refractivity contribution in [2.75, 3.05) is 13.2 Å². The van der Waals surface area contributed by atoms with E-state index < -0.39 is 6.04 Å². The van der Waals surface area contributed by atoms with Gasteiger partial charge in [0.1, 0.15) is 11.7 Å². The van der Waals surface area contributed by atoms with Crippen molar-refractivity contribution >= 4 is 11.6 Å². The van der Waals surface area contributed by atoms with E-state index in [1.807, 2.05) is 38.4 Å². The molecule has 0 saturated carbocycles. The highest BCUT2D eigenvalue weighted by Gasteiger charge is 2.34. The lowest BCUT2D eigenvalue weighted by Crippen LogP contribution is -2.56. The van der Waals surface area contributed by atoms with E-state index in [9.17, 15) is 4.79 Å². The molecule has 6 nitrogen and oxygen atoms in total. The number of primary amides is 1. The molecule has 3 heterocycles. The van der Waals surface area contributed by atoms with Crippen LogP contribution in [0.1, 0.15) is 18.2 Å². The van der Waals surface area contributed by atoms with Crippen LogP contribution in [0.15, 0.2) is 24.5 Å². The molecule has 1 fully saturated rings. The first-order chi connectivity index (χ1) is 10.1. The Kier molecular flexibility index (Phi) is 3.65. The van der Waals surface area contributed by atoms with Crippen molar-refractivity contribution in [3.63, 3.8) is 0 Å². The summed E-state index contributed by atoms with van der Waals surface area (Å²) in [5.74, 6) is -0.341. The number of aryl methyl sites for hydroxylation is 1. The van der Waals surface area contributed by atoms with Crippen LogP contribution in [0, 0.1) is 6.92 Å². The monoisotopic (exact) mass is 288 g/mol. The summed E-state index contributed by atoms with van der Waals surface area (Å²) in [4.78, 5) is 18.2. The van der Waals surface area contributed by atoms with Gasteiger partial charge in [0.15, 0.2) is 0 Å². The van der Waals surface area contributed by atoms with Crippen LogP contribution in [0.4, 0.5) is 0 Å². The van der Waals surface area contributed by atoms with Crippen molar-refractivity contribution < 1.29 is 9.53 Å². The molecule has 1 aliphatic rings. The van der Waals surface area contributed by atoms with E-state index in [2.05, 4.69) is 14.3 Å². The van der Waals surface area contributed by atoms with E-state index in [1.54, 1.807) is 0 Å². The maximum absolute atomic E-state index is 11.7. The number of nitrogens with zero attached hydrogens (tertiary/aromatic N) is 3. The molecule has 2 N–H and O–H groups in total. The number of hydrogen-bond donors (Lipinski definition) is 1. The number of carbonyl (C=O) groups is 1. The highest BCUT2D eigenvalue weighted by atomic mass is 16.5. The number of carbonyl (C=O) groups excluding carboxylic acids is 1. The minimum Gasteiger partial charge on any atom is -0.375 e. The highest BCUT2D eigenvalue weighted by molar-refractivity contribution is 5.80. The van der Waals surface area contributed by atoms with Gasteiger partial charge in [0.25, 0.3) is 0 Å². The normalized spacial score (nSPS) is 23.5. The van der Waals surface area contributed by atoms with Gasteiger partial charge in [0, 0.05) is 19.3 Å². The molecule has 112 valence electrons. The Bertz CT molecular complexity index is 667. The minimum absolute atomic E-state index is 0.183. The van der Waals surface area contributed by atoms with Crippen molar-refractivity contribution in [2.45, 2.75) is 32.5 Å². The lowest BCUT2D eigenvalue weighted by molar-refractivity contribution is -0.136. The second-order valence-electron chi connectivity index (χ2n) is 5.53. The number of morpholine rings is 1. The summed E-state index contributed by atoms with van der Waals surface area (Å²) in [5.41, 5.74) is 8.66. The number of imidazole rings is 1. The van der Waals surface area contributed by atoms with Crippen molar-refractivity contribution in [3.8, 4) is 0 Å². The van der Waals surface area contributed by atoms with Gasteiger partial charge in [-0.2, -0.15) is 0 Å². The maximum Gasteiger partial charge on any atom is 0.237 e. The molecule has 6 heteroatoms. The molecule has 0 radical (unpaired) electrons. The summed E-state index contributed by atoms with van der Waals surface area (Å²) < 4.78 is 7.61. The lowest BCUT2D eigenvalue weighted by atomic mass is 10.1. The zero-order valence-corrected chi connectivity index (χ0v) is 12.3. The van der Waals surface area contributed by atoms with Crippen molar-refractivity contribution in [1.29, 1.82) is 0 Å². The van der Waals surface area contributed by atoms with Gasteiger partial charge in [-0.15, -0.1) is 0 Å². The fourth-order valence-corrected chi connectivity index (χ4v) is 3.00. The van der Waals surface area contributed by atoms with Crippen molar-refractivity contribution in [1.82, 2.24) is 14.3 Å². The number of pyridine rings is 1. The maximum atomic E-state index is 11.7. The Morgan fingerprint density at radius 1 is 1.57 bits per heavy atom. The Balaban J connectivity index is 1.90. The molecule has 2 aromatic heterocycles. The van der Waals surface area contributed by atoms with Gasteiger partial charge >= 0.3 is 0 Å². The van der Waals surface area contributed by atoms with Crippen LogP contribution in [-0.2, 0) is 16.1 Å². The summed E-state index contributed by atoms with van der Waals surface area (Å²) in [6, 6.07) is 3.64. The molecule has 0 unspecified atom stereocenters. The molecule has 21 heavy (non-hydrogen) atoms. The van der Waals surface area contributed by atoms with Crippen LogP contribution >= 0.6 is 0 Å². The molecule has 3 rings (SSSR count). The molecule has 1 amide bonds. The number of hydrogen-bond acceptors (Lipinski definition) is 4. The quantitative estimate of drug-likeness (QED) is 0.903. The smallest absolute Gasteiger partial charge is 0.237 e. The molecule has 0 aromatic carbocycles. The third-order valence-electron chi connectivity index (χ3n) is 4.06. The van der Waals surface area contributed by atoms with Gasteiger partial charge in [0.2, 0.25) is 5.91 Å². The van der Waals surface area contributed by atoms with Gasteiger partial charge in [0.05, 0.1) is 24.6 Å². The molecule has 2 aromatic rings. The summed E-state index contributed by atoms with van der Waals surface area (Å²) in [7, 11) is 0. The average molecular weight is 288 g/mol. The molecule has 0 aliphatic carbocycles. The fraction of sp³-hybridized carbons (Fsp3) is 0.467. The van der Waals surface area contributed by atoms with Gasteiger partial charge in [-0.25, -0.2) is 4.98 Å². The molecule has 0 spiro atoms. The first-order valence-corrected chi connectivity index (χ1v) is 7.14. The van der Waals surface area contributed by atoms with E-state index in [0.29, 0.717) is 19.7 Å². The first kappa shape index (κ1) is 14.0. The number of ether oxygens (including phenoxy) is 1. The van der Waals surface area contributed by atoms with Crippen LogP contribution in [0.2, 0.25) is 0 Å². The van der Waals surface area contributed by atoms with Gasteiger partial charge in [-0.05, 0) is 25.5 Å². The summed E-state index contributed by atoms with van der Waals surface area (Å²) in [6.07, 6.45) is 3.67. The summed E-state index contributed by atoms with van der Waals surface area (Å²) in [5, 5.41) is 0. The summed E-state index contributed by atoms with van der Waals surface area (Å²) >= 11 is 0. The van der Waals surface area contributed by atoms with Crippen LogP contribution in [0.25, 0.3) is 5.65 Å². The van der Waals surface area contributed by atoms with Gasteiger partial charge in [-0.1, -0.05) is 6.07 Å². The lowest BCUT2D eigenvalue weighted by Gasteiger charge is -2.37. The average Bonchev–Trinajstić information content (AvgIpc) is 2.83. The number of amides is 1. The number of aromatic nitrogens is 2. The topological polar surface area (TPSA) is 72.9 Å². The first-order valence-electron chi connectivity index (χ1n) is 7.14. The van der Waals surface area contributed by atoms with E-state index in [1.165, 1.54) is 0 Å². The van der Waals surface area contributed by atoms with Crippen molar-refractivity contribution in [2.24, 2.45) is 5.73 Å². The Hall–Kier alpha value is -1.92. The predicted octanol–water partition coefficient (Wildman–Crippen LogP) is 0.717. The minimum atomic E-state index is -0.394. The number of fused-ring (bicyclic) bond motifs is 1. The summed E-state index contributed by atoms with van der Waals surface area (Å²) in [6.45, 7) is 5.86. The van der Waals surface area contributed by atoms with E-state index in [4.69, 9.17) is 10.5 Å². The molecular weight excluding hydrogens is 268 g/mol. The van der Waals surface area contributed by atoms with E-state index in [-0.39, 0.29) is 12.0 Å². The zero-order valence-electron chi connectivity index (χ0n) is 12.3. The zero-order chi connectivity index (χ0) is 15.0. The standard InChI is InChI=1S/C15H20N4O2/c1-10-4-3-5-19-12(8-17-15(10)19)9-18-6-7-21-11(2)13(18)14(16)20/h3-5,8,11,13H,6-7,9H2,1-2H3,(H2,16,20)/t11-,13+/m1/s1. The molecule has 1 aliphatic heterocycles. The van der Waals surface area contributed by atoms with Gasteiger partial charge < -0.3 is 14.9 Å². The van der Waals surface area contributed by atoms with E-state index >= 15 is 0 Å². The SMILES string of the molecule is Cc1cccn2c(CN3CCO[C@H](C)[C@H]3C(N)=O)cnc12. The van der Waals surface area contributed by atoms with Crippen LogP contribution in [0.3, 0.4) is 0 Å². The Labute approximate surface area is 123 Å². The fourth-order valence-electron chi connectivity index (χ4n) is 3.00. The third kappa shape index (κ3) is 2.52. The van der Waals surface area contributed by atoms with E-state index in [0.717, 1.165) is 16.9 Å². The van der Waals surface area contributed by atoms with Crippen LogP contribution in [0.5, 0.6) is 0 Å². The molecule has 2 atom stereocenters. The Morgan fingerprint density at radius 3 is 3.14 bits per heavy atom. The number of nitrogens with two attached hydrogens (primary N) is 1. The van der Waals surface area contributed by atoms with Crippen LogP contribution in [-0.4, -0.2) is 45.5 Å². The van der Waals surface area contributed by atoms with Crippen molar-refractivity contribution in [3.05, 3.63) is 35.8 Å². The second-order valence-corrected chi connectivity index (χ2v) is 5.53. The molecule has 1 saturated heterocycles. The largest absolute Gasteiger partial charge is 0.375 e. The predicted molar refractivity (Wildman–Crippen MR) is 78.7 cm³/mol. The number of rotatable bonds is 3. The second kappa shape index (κ2) is 5.46. The highest BCUT2D eigenvalue weighted by Crippen LogP contribution is 2.18. The third-order valence-corrected chi connectivity index (χ3v) is 4.06.